The minimum Gasteiger partial charge on any atom is -0.330 e. The fourth-order valence-electron chi connectivity index (χ4n) is 1.38. The third-order valence-corrected chi connectivity index (χ3v) is 2.23. The number of halogens is 2. The van der Waals surface area contributed by atoms with Crippen LogP contribution in [0, 0.1) is 12.7 Å². The van der Waals surface area contributed by atoms with Gasteiger partial charge in [-0.15, -0.1) is 0 Å². The molecule has 1 aromatic rings. The molecule has 1 atom stereocenters. The Bertz CT molecular complexity index is 299. The molecule has 1 aromatic carbocycles. The molecule has 0 heterocycles. The van der Waals surface area contributed by atoms with Gasteiger partial charge in [0.1, 0.15) is 12.0 Å². The van der Waals surface area contributed by atoms with Crippen LogP contribution in [0.2, 0.25) is 0 Å². The molecule has 3 heteroatoms. The first kappa shape index (κ1) is 11.1. The average molecular weight is 199 g/mol. The molecular formula is C11H15F2N. The van der Waals surface area contributed by atoms with E-state index in [9.17, 15) is 8.78 Å². The second kappa shape index (κ2) is 5.05. The molecule has 0 spiro atoms. The molecule has 14 heavy (non-hydrogen) atoms. The second-order valence-corrected chi connectivity index (χ2v) is 3.45. The summed E-state index contributed by atoms with van der Waals surface area (Å²) < 4.78 is 26.0. The van der Waals surface area contributed by atoms with Crippen LogP contribution < -0.4 is 5.73 Å². The van der Waals surface area contributed by atoms with Gasteiger partial charge < -0.3 is 5.73 Å². The Labute approximate surface area is 82.9 Å². The number of alkyl halides is 1. The molecule has 0 aliphatic carbocycles. The minimum absolute atomic E-state index is 0.251. The fraction of sp³-hybridized carbons (Fsp3) is 0.455. The van der Waals surface area contributed by atoms with Crippen LogP contribution in [0.1, 0.15) is 17.5 Å². The molecule has 1 nitrogen and oxygen atoms in total. The Hall–Kier alpha value is -0.960. The van der Waals surface area contributed by atoms with Crippen LogP contribution in [-0.4, -0.2) is 12.7 Å². The van der Waals surface area contributed by atoms with Crippen molar-refractivity contribution in [1.29, 1.82) is 0 Å². The predicted octanol–water partition coefficient (Wildman–Crippen LogP) is 2.36. The first-order valence-corrected chi connectivity index (χ1v) is 4.72. The summed E-state index contributed by atoms with van der Waals surface area (Å²) in [5.41, 5.74) is 6.89. The van der Waals surface area contributed by atoms with Crippen LogP contribution in [0.4, 0.5) is 8.78 Å². The molecule has 0 aliphatic heterocycles. The first-order chi connectivity index (χ1) is 6.63. The highest BCUT2D eigenvalue weighted by molar-refractivity contribution is 5.27. The Morgan fingerprint density at radius 3 is 2.79 bits per heavy atom. The summed E-state index contributed by atoms with van der Waals surface area (Å²) in [6.45, 7) is 2.18. The van der Waals surface area contributed by atoms with E-state index in [1.165, 1.54) is 12.1 Å². The van der Waals surface area contributed by atoms with Gasteiger partial charge in [-0.25, -0.2) is 8.78 Å². The Kier molecular flexibility index (Phi) is 4.01. The second-order valence-electron chi connectivity index (χ2n) is 3.45. The number of hydrogen-bond donors (Lipinski definition) is 1. The van der Waals surface area contributed by atoms with Gasteiger partial charge in [0.05, 0.1) is 0 Å². The zero-order chi connectivity index (χ0) is 10.6. The Morgan fingerprint density at radius 2 is 2.14 bits per heavy atom. The third-order valence-electron chi connectivity index (χ3n) is 2.23. The van der Waals surface area contributed by atoms with Crippen LogP contribution in [0.15, 0.2) is 18.2 Å². The molecule has 1 unspecified atom stereocenters. The van der Waals surface area contributed by atoms with Crippen molar-refractivity contribution in [2.45, 2.75) is 25.9 Å². The molecular weight excluding hydrogens is 184 g/mol. The van der Waals surface area contributed by atoms with Crippen molar-refractivity contribution in [2.75, 3.05) is 6.54 Å². The van der Waals surface area contributed by atoms with Crippen molar-refractivity contribution in [2.24, 2.45) is 5.73 Å². The van der Waals surface area contributed by atoms with Crippen LogP contribution in [0.3, 0.4) is 0 Å². The van der Waals surface area contributed by atoms with Gasteiger partial charge >= 0.3 is 0 Å². The molecule has 0 amide bonds. The molecule has 2 N–H and O–H groups in total. The van der Waals surface area contributed by atoms with Gasteiger partial charge in [-0.05, 0) is 43.1 Å². The van der Waals surface area contributed by atoms with Gasteiger partial charge in [-0.2, -0.15) is 0 Å². The van der Waals surface area contributed by atoms with Gasteiger partial charge in [0.15, 0.2) is 0 Å². The van der Waals surface area contributed by atoms with Crippen molar-refractivity contribution in [3.8, 4) is 0 Å². The van der Waals surface area contributed by atoms with Gasteiger partial charge in [-0.3, -0.25) is 0 Å². The van der Waals surface area contributed by atoms with E-state index >= 15 is 0 Å². The highest BCUT2D eigenvalue weighted by Crippen LogP contribution is 2.14. The standard InChI is InChI=1S/C11H15F2N/c1-8-2-3-10(12)6-9(8)7-11(13)4-5-14/h2-3,6,11H,4-5,7,14H2,1H3. The van der Waals surface area contributed by atoms with E-state index in [4.69, 9.17) is 5.73 Å². The van der Waals surface area contributed by atoms with E-state index in [0.29, 0.717) is 13.0 Å². The maximum atomic E-state index is 13.2. The molecule has 1 rings (SSSR count). The van der Waals surface area contributed by atoms with Crippen molar-refractivity contribution in [1.82, 2.24) is 0 Å². The van der Waals surface area contributed by atoms with Crippen molar-refractivity contribution in [3.05, 3.63) is 35.1 Å². The SMILES string of the molecule is Cc1ccc(F)cc1CC(F)CCN. The first-order valence-electron chi connectivity index (χ1n) is 4.72. The van der Waals surface area contributed by atoms with Crippen LogP contribution >= 0.6 is 0 Å². The summed E-state index contributed by atoms with van der Waals surface area (Å²) in [4.78, 5) is 0. The quantitative estimate of drug-likeness (QED) is 0.791. The summed E-state index contributed by atoms with van der Waals surface area (Å²) in [5, 5.41) is 0. The maximum Gasteiger partial charge on any atom is 0.123 e. The lowest BCUT2D eigenvalue weighted by Crippen LogP contribution is -2.12. The summed E-state index contributed by atoms with van der Waals surface area (Å²) >= 11 is 0. The zero-order valence-electron chi connectivity index (χ0n) is 8.26. The van der Waals surface area contributed by atoms with E-state index in [2.05, 4.69) is 0 Å². The summed E-state index contributed by atoms with van der Waals surface area (Å²) in [7, 11) is 0. The largest absolute Gasteiger partial charge is 0.330 e. The Balaban J connectivity index is 2.70. The predicted molar refractivity (Wildman–Crippen MR) is 53.4 cm³/mol. The molecule has 0 radical (unpaired) electrons. The van der Waals surface area contributed by atoms with E-state index < -0.39 is 6.17 Å². The lowest BCUT2D eigenvalue weighted by atomic mass is 10.0. The topological polar surface area (TPSA) is 26.0 Å². The van der Waals surface area contributed by atoms with Crippen molar-refractivity contribution < 1.29 is 8.78 Å². The van der Waals surface area contributed by atoms with E-state index in [0.717, 1.165) is 11.1 Å². The van der Waals surface area contributed by atoms with Crippen LogP contribution in [0.5, 0.6) is 0 Å². The molecule has 78 valence electrons. The smallest absolute Gasteiger partial charge is 0.123 e. The lowest BCUT2D eigenvalue weighted by molar-refractivity contribution is 0.316. The van der Waals surface area contributed by atoms with E-state index in [1.807, 2.05) is 6.92 Å². The number of rotatable bonds is 4. The maximum absolute atomic E-state index is 13.2. The highest BCUT2D eigenvalue weighted by atomic mass is 19.1. The summed E-state index contributed by atoms with van der Waals surface area (Å²) in [6, 6.07) is 4.44. The van der Waals surface area contributed by atoms with E-state index in [1.54, 1.807) is 6.07 Å². The molecule has 0 aliphatic rings. The molecule has 0 fully saturated rings. The van der Waals surface area contributed by atoms with Gasteiger partial charge in [-0.1, -0.05) is 6.07 Å². The van der Waals surface area contributed by atoms with Gasteiger partial charge in [0, 0.05) is 6.42 Å². The van der Waals surface area contributed by atoms with Crippen molar-refractivity contribution >= 4 is 0 Å². The molecule has 0 aromatic heterocycles. The van der Waals surface area contributed by atoms with Crippen molar-refractivity contribution in [3.63, 3.8) is 0 Å². The zero-order valence-corrected chi connectivity index (χ0v) is 8.26. The summed E-state index contributed by atoms with van der Waals surface area (Å²) in [5.74, 6) is -0.314. The monoisotopic (exact) mass is 199 g/mol. The number of nitrogens with two attached hydrogens (primary N) is 1. The van der Waals surface area contributed by atoms with Crippen LogP contribution in [-0.2, 0) is 6.42 Å². The Morgan fingerprint density at radius 1 is 1.43 bits per heavy atom. The normalized spacial score (nSPS) is 12.9. The van der Waals surface area contributed by atoms with Gasteiger partial charge in [0.25, 0.3) is 0 Å². The van der Waals surface area contributed by atoms with E-state index in [-0.39, 0.29) is 12.2 Å². The lowest BCUT2D eigenvalue weighted by Gasteiger charge is -2.09. The fourth-order valence-corrected chi connectivity index (χ4v) is 1.38. The van der Waals surface area contributed by atoms with Crippen LogP contribution in [0.25, 0.3) is 0 Å². The summed E-state index contributed by atoms with van der Waals surface area (Å²) in [6.07, 6.45) is -0.392. The molecule has 0 saturated carbocycles. The molecule has 0 saturated heterocycles. The third kappa shape index (κ3) is 3.07. The molecule has 0 bridgehead atoms. The number of hydrogen-bond acceptors (Lipinski definition) is 1. The minimum atomic E-state index is -0.972. The average Bonchev–Trinajstić information content (AvgIpc) is 2.12. The highest BCUT2D eigenvalue weighted by Gasteiger charge is 2.09. The van der Waals surface area contributed by atoms with Gasteiger partial charge in [0.2, 0.25) is 0 Å². The number of benzene rings is 1. The number of aryl methyl sites for hydroxylation is 1.